The van der Waals surface area contributed by atoms with Gasteiger partial charge in [-0.05, 0) is 49.2 Å². The number of amides is 2. The Kier molecular flexibility index (Phi) is 5.27. The normalized spacial score (nSPS) is 10.5. The van der Waals surface area contributed by atoms with E-state index in [1.165, 1.54) is 0 Å². The summed E-state index contributed by atoms with van der Waals surface area (Å²) in [5.74, 6) is 0.841. The van der Waals surface area contributed by atoms with Crippen molar-refractivity contribution < 1.29 is 14.3 Å². The number of nitrogens with zero attached hydrogens (tertiary/aromatic N) is 1. The van der Waals surface area contributed by atoms with Crippen LogP contribution in [0.15, 0.2) is 65.3 Å². The molecule has 2 aromatic carbocycles. The van der Waals surface area contributed by atoms with Gasteiger partial charge in [-0.1, -0.05) is 30.3 Å². The van der Waals surface area contributed by atoms with Crippen LogP contribution in [0.25, 0.3) is 0 Å². The fourth-order valence-corrected chi connectivity index (χ4v) is 2.71. The zero-order chi connectivity index (χ0) is 18.5. The Hall–Kier alpha value is -3.21. The van der Waals surface area contributed by atoms with Crippen LogP contribution in [0, 0.1) is 13.8 Å². The number of nitrogens with one attached hydrogen (secondary N) is 1. The molecule has 0 spiro atoms. The number of carbonyl (C=O) groups excluding carboxylic acids is 1. The summed E-state index contributed by atoms with van der Waals surface area (Å²) in [6.07, 6.45) is 1.58. The first-order valence-electron chi connectivity index (χ1n) is 8.45. The molecule has 5 nitrogen and oxygen atoms in total. The van der Waals surface area contributed by atoms with Crippen molar-refractivity contribution in [1.82, 2.24) is 4.90 Å². The maximum absolute atomic E-state index is 12.9. The summed E-state index contributed by atoms with van der Waals surface area (Å²) in [5.41, 5.74) is 3.51. The van der Waals surface area contributed by atoms with E-state index in [9.17, 15) is 9.90 Å². The van der Waals surface area contributed by atoms with Gasteiger partial charge in [0.15, 0.2) is 0 Å². The van der Waals surface area contributed by atoms with Crippen molar-refractivity contribution in [3.8, 4) is 5.75 Å². The average Bonchev–Trinajstić information content (AvgIpc) is 3.12. The third kappa shape index (κ3) is 4.25. The van der Waals surface area contributed by atoms with Crippen LogP contribution in [-0.4, -0.2) is 16.0 Å². The molecule has 5 heteroatoms. The number of hydrogen-bond acceptors (Lipinski definition) is 3. The van der Waals surface area contributed by atoms with E-state index in [-0.39, 0.29) is 18.3 Å². The largest absolute Gasteiger partial charge is 0.508 e. The molecule has 134 valence electrons. The number of para-hydroxylation sites is 1. The molecule has 0 saturated carbocycles. The van der Waals surface area contributed by atoms with E-state index in [4.69, 9.17) is 4.42 Å². The Labute approximate surface area is 152 Å². The van der Waals surface area contributed by atoms with Crippen molar-refractivity contribution in [2.45, 2.75) is 26.9 Å². The molecule has 26 heavy (non-hydrogen) atoms. The van der Waals surface area contributed by atoms with E-state index in [0.29, 0.717) is 17.9 Å². The van der Waals surface area contributed by atoms with E-state index >= 15 is 0 Å². The molecular formula is C21H22N2O3. The van der Waals surface area contributed by atoms with Crippen molar-refractivity contribution in [3.63, 3.8) is 0 Å². The topological polar surface area (TPSA) is 65.7 Å². The number of furan rings is 1. The molecule has 0 radical (unpaired) electrons. The highest BCUT2D eigenvalue weighted by molar-refractivity contribution is 5.90. The van der Waals surface area contributed by atoms with E-state index in [1.807, 2.05) is 44.2 Å². The summed E-state index contributed by atoms with van der Waals surface area (Å²) in [4.78, 5) is 14.5. The molecule has 0 aliphatic rings. The predicted octanol–water partition coefficient (Wildman–Crippen LogP) is 4.84. The zero-order valence-electron chi connectivity index (χ0n) is 14.9. The Balaban J connectivity index is 1.83. The Bertz CT molecular complexity index is 888. The highest BCUT2D eigenvalue weighted by Gasteiger charge is 2.18. The van der Waals surface area contributed by atoms with Crippen LogP contribution in [0.5, 0.6) is 5.75 Å². The van der Waals surface area contributed by atoms with Gasteiger partial charge < -0.3 is 19.7 Å². The minimum absolute atomic E-state index is 0.163. The number of urea groups is 1. The molecule has 0 saturated heterocycles. The first-order chi connectivity index (χ1) is 12.5. The Morgan fingerprint density at radius 3 is 2.62 bits per heavy atom. The lowest BCUT2D eigenvalue weighted by Crippen LogP contribution is -2.34. The Morgan fingerprint density at radius 2 is 1.88 bits per heavy atom. The van der Waals surface area contributed by atoms with Crippen LogP contribution < -0.4 is 5.32 Å². The molecule has 0 unspecified atom stereocenters. The number of hydrogen-bond donors (Lipinski definition) is 2. The maximum Gasteiger partial charge on any atom is 0.322 e. The van der Waals surface area contributed by atoms with Crippen LogP contribution in [0.3, 0.4) is 0 Å². The molecule has 1 aromatic heterocycles. The monoisotopic (exact) mass is 350 g/mol. The van der Waals surface area contributed by atoms with Gasteiger partial charge in [-0.15, -0.1) is 0 Å². The molecule has 3 rings (SSSR count). The van der Waals surface area contributed by atoms with Gasteiger partial charge >= 0.3 is 6.03 Å². The zero-order valence-corrected chi connectivity index (χ0v) is 14.9. The van der Waals surface area contributed by atoms with Gasteiger partial charge in [0.25, 0.3) is 0 Å². The number of phenolic OH excluding ortho intramolecular Hbond substituents is 1. The molecule has 1 heterocycles. The lowest BCUT2D eigenvalue weighted by atomic mass is 10.1. The fourth-order valence-electron chi connectivity index (χ4n) is 2.71. The third-order valence-corrected chi connectivity index (χ3v) is 4.20. The van der Waals surface area contributed by atoms with Crippen LogP contribution in [0.4, 0.5) is 10.5 Å². The highest BCUT2D eigenvalue weighted by atomic mass is 16.3. The van der Waals surface area contributed by atoms with E-state index < -0.39 is 0 Å². The third-order valence-electron chi connectivity index (χ3n) is 4.20. The number of carbonyl (C=O) groups is 1. The van der Waals surface area contributed by atoms with E-state index in [2.05, 4.69) is 5.32 Å². The number of rotatable bonds is 5. The average molecular weight is 350 g/mol. The second-order valence-electron chi connectivity index (χ2n) is 6.31. The summed E-state index contributed by atoms with van der Waals surface area (Å²) in [5, 5.41) is 13.0. The van der Waals surface area contributed by atoms with Crippen molar-refractivity contribution in [2.24, 2.45) is 0 Å². The van der Waals surface area contributed by atoms with Crippen LogP contribution in [0.2, 0.25) is 0 Å². The molecule has 0 atom stereocenters. The molecular weight excluding hydrogens is 328 g/mol. The summed E-state index contributed by atoms with van der Waals surface area (Å²) in [7, 11) is 0. The van der Waals surface area contributed by atoms with Gasteiger partial charge in [0.05, 0.1) is 19.4 Å². The molecule has 2 N–H and O–H groups in total. The molecule has 0 fully saturated rings. The molecule has 2 amide bonds. The number of phenols is 1. The highest BCUT2D eigenvalue weighted by Crippen LogP contribution is 2.21. The second kappa shape index (κ2) is 7.78. The van der Waals surface area contributed by atoms with E-state index in [0.717, 1.165) is 16.8 Å². The van der Waals surface area contributed by atoms with Crippen molar-refractivity contribution in [3.05, 3.63) is 83.3 Å². The van der Waals surface area contributed by atoms with Gasteiger partial charge in [0, 0.05) is 11.3 Å². The molecule has 0 aliphatic heterocycles. The van der Waals surface area contributed by atoms with Crippen LogP contribution in [0.1, 0.15) is 22.5 Å². The molecule has 0 bridgehead atoms. The van der Waals surface area contributed by atoms with Crippen LogP contribution >= 0.6 is 0 Å². The van der Waals surface area contributed by atoms with Crippen molar-refractivity contribution in [2.75, 3.05) is 5.32 Å². The van der Waals surface area contributed by atoms with Gasteiger partial charge in [-0.2, -0.15) is 0 Å². The van der Waals surface area contributed by atoms with Crippen molar-refractivity contribution >= 4 is 11.7 Å². The predicted molar refractivity (Wildman–Crippen MR) is 101 cm³/mol. The second-order valence-corrected chi connectivity index (χ2v) is 6.31. The summed E-state index contributed by atoms with van der Waals surface area (Å²) in [6.45, 7) is 4.51. The minimum atomic E-state index is -0.252. The lowest BCUT2D eigenvalue weighted by Gasteiger charge is -2.23. The summed E-state index contributed by atoms with van der Waals surface area (Å²) in [6, 6.07) is 16.3. The van der Waals surface area contributed by atoms with Crippen LogP contribution in [-0.2, 0) is 13.1 Å². The number of aryl methyl sites for hydroxylation is 2. The first kappa shape index (κ1) is 17.6. The molecule has 3 aromatic rings. The fraction of sp³-hybridized carbons (Fsp3) is 0.190. The van der Waals surface area contributed by atoms with Crippen molar-refractivity contribution in [1.29, 1.82) is 0 Å². The smallest absolute Gasteiger partial charge is 0.322 e. The Morgan fingerprint density at radius 1 is 1.08 bits per heavy atom. The summed E-state index contributed by atoms with van der Waals surface area (Å²) >= 11 is 0. The van der Waals surface area contributed by atoms with Gasteiger partial charge in [-0.25, -0.2) is 4.79 Å². The maximum atomic E-state index is 12.9. The van der Waals surface area contributed by atoms with E-state index in [1.54, 1.807) is 35.4 Å². The van der Waals surface area contributed by atoms with Gasteiger partial charge in [0.2, 0.25) is 0 Å². The summed E-state index contributed by atoms with van der Waals surface area (Å²) < 4.78 is 5.39. The SMILES string of the molecule is Cc1ccc(C)c(NC(=O)N(Cc2ccco2)Cc2ccccc2O)c1. The first-order valence-corrected chi connectivity index (χ1v) is 8.45. The molecule has 0 aliphatic carbocycles. The number of benzene rings is 2. The minimum Gasteiger partial charge on any atom is -0.508 e. The quantitative estimate of drug-likeness (QED) is 0.692. The van der Waals surface area contributed by atoms with Gasteiger partial charge in [-0.3, -0.25) is 0 Å². The number of aromatic hydroxyl groups is 1. The lowest BCUT2D eigenvalue weighted by molar-refractivity contribution is 0.200. The number of anilines is 1. The van der Waals surface area contributed by atoms with Gasteiger partial charge in [0.1, 0.15) is 11.5 Å². The standard InChI is InChI=1S/C21H22N2O3/c1-15-9-10-16(2)19(12-15)22-21(25)23(14-18-7-5-11-26-18)13-17-6-3-4-8-20(17)24/h3-12,24H,13-14H2,1-2H3,(H,22,25).